The number of ketones is 1. The standard InChI is InChI=1S/C5H10FNO/c1-4(8)5(6)2-3-7/h5H,2-3,7H2,1H3/t5-/m0/s1. The van der Waals surface area contributed by atoms with Gasteiger partial charge in [0, 0.05) is 0 Å². The molecule has 0 radical (unpaired) electrons. The number of carbonyl (C=O) groups excluding carboxylic acids is 1. The van der Waals surface area contributed by atoms with Gasteiger partial charge in [-0.3, -0.25) is 4.79 Å². The quantitative estimate of drug-likeness (QED) is 0.579. The zero-order valence-electron chi connectivity index (χ0n) is 4.86. The molecule has 0 aromatic carbocycles. The second kappa shape index (κ2) is 3.55. The Morgan fingerprint density at radius 3 is 2.50 bits per heavy atom. The van der Waals surface area contributed by atoms with Gasteiger partial charge in [0.2, 0.25) is 0 Å². The van der Waals surface area contributed by atoms with Crippen molar-refractivity contribution < 1.29 is 9.18 Å². The van der Waals surface area contributed by atoms with Gasteiger partial charge in [-0.2, -0.15) is 0 Å². The number of alkyl halides is 1. The summed E-state index contributed by atoms with van der Waals surface area (Å²) in [4.78, 5) is 10.1. The smallest absolute Gasteiger partial charge is 0.163 e. The summed E-state index contributed by atoms with van der Waals surface area (Å²) in [7, 11) is 0. The van der Waals surface area contributed by atoms with E-state index in [2.05, 4.69) is 0 Å². The van der Waals surface area contributed by atoms with Crippen LogP contribution >= 0.6 is 0 Å². The van der Waals surface area contributed by atoms with E-state index in [0.29, 0.717) is 0 Å². The zero-order valence-corrected chi connectivity index (χ0v) is 4.86. The van der Waals surface area contributed by atoms with Gasteiger partial charge in [0.15, 0.2) is 12.0 Å². The van der Waals surface area contributed by atoms with Crippen molar-refractivity contribution in [2.24, 2.45) is 5.73 Å². The topological polar surface area (TPSA) is 43.1 Å². The van der Waals surface area contributed by atoms with Crippen LogP contribution in [0.4, 0.5) is 4.39 Å². The van der Waals surface area contributed by atoms with Crippen molar-refractivity contribution in [3.8, 4) is 0 Å². The van der Waals surface area contributed by atoms with Crippen LogP contribution in [0.1, 0.15) is 13.3 Å². The lowest BCUT2D eigenvalue weighted by Crippen LogP contribution is -2.16. The van der Waals surface area contributed by atoms with Crippen molar-refractivity contribution in [2.45, 2.75) is 19.5 Å². The molecule has 0 aromatic rings. The molecule has 1 atom stereocenters. The molecule has 48 valence electrons. The molecule has 2 N–H and O–H groups in total. The van der Waals surface area contributed by atoms with Gasteiger partial charge in [-0.1, -0.05) is 0 Å². The second-order valence-electron chi connectivity index (χ2n) is 1.66. The lowest BCUT2D eigenvalue weighted by Gasteiger charge is -1.97. The highest BCUT2D eigenvalue weighted by atomic mass is 19.1. The molecule has 0 aliphatic rings. The third kappa shape index (κ3) is 2.69. The summed E-state index contributed by atoms with van der Waals surface area (Å²) in [6.07, 6.45) is -1.20. The number of Topliss-reactive ketones (excluding diaryl/α,β-unsaturated/α-hetero) is 1. The Hall–Kier alpha value is -0.440. The summed E-state index contributed by atoms with van der Waals surface area (Å²) in [5.74, 6) is -0.435. The summed E-state index contributed by atoms with van der Waals surface area (Å²) in [5, 5.41) is 0. The van der Waals surface area contributed by atoms with Gasteiger partial charge in [0.25, 0.3) is 0 Å². The molecule has 0 fully saturated rings. The molecule has 0 spiro atoms. The number of rotatable bonds is 3. The van der Waals surface area contributed by atoms with Crippen LogP contribution in [-0.4, -0.2) is 18.5 Å². The normalized spacial score (nSPS) is 13.4. The highest BCUT2D eigenvalue weighted by Gasteiger charge is 2.08. The van der Waals surface area contributed by atoms with E-state index in [9.17, 15) is 9.18 Å². The molecule has 0 unspecified atom stereocenters. The molecule has 0 heterocycles. The highest BCUT2D eigenvalue weighted by molar-refractivity contribution is 5.80. The van der Waals surface area contributed by atoms with Crippen LogP contribution < -0.4 is 5.73 Å². The van der Waals surface area contributed by atoms with E-state index >= 15 is 0 Å². The van der Waals surface area contributed by atoms with E-state index in [4.69, 9.17) is 5.73 Å². The molecule has 0 aromatic heterocycles. The summed E-state index contributed by atoms with van der Waals surface area (Å²) in [6.45, 7) is 1.46. The molecule has 0 amide bonds. The fraction of sp³-hybridized carbons (Fsp3) is 0.800. The Morgan fingerprint density at radius 2 is 2.38 bits per heavy atom. The third-order valence-corrected chi connectivity index (χ3v) is 0.861. The minimum absolute atomic E-state index is 0.148. The SMILES string of the molecule is CC(=O)[C@@H](F)CCN. The Balaban J connectivity index is 3.32. The average Bonchev–Trinajstić information content (AvgIpc) is 1.67. The first-order chi connectivity index (χ1) is 3.68. The molecule has 0 aliphatic carbocycles. The van der Waals surface area contributed by atoms with E-state index in [1.807, 2.05) is 0 Å². The van der Waals surface area contributed by atoms with Crippen LogP contribution in [0.5, 0.6) is 0 Å². The van der Waals surface area contributed by atoms with Crippen molar-refractivity contribution in [1.29, 1.82) is 0 Å². The van der Waals surface area contributed by atoms with E-state index in [0.717, 1.165) is 0 Å². The average molecular weight is 119 g/mol. The van der Waals surface area contributed by atoms with E-state index in [1.54, 1.807) is 0 Å². The zero-order chi connectivity index (χ0) is 6.57. The Labute approximate surface area is 47.9 Å². The lowest BCUT2D eigenvalue weighted by molar-refractivity contribution is -0.121. The maximum Gasteiger partial charge on any atom is 0.163 e. The molecule has 2 nitrogen and oxygen atoms in total. The highest BCUT2D eigenvalue weighted by Crippen LogP contribution is 1.95. The van der Waals surface area contributed by atoms with Crippen LogP contribution in [-0.2, 0) is 4.79 Å². The number of hydrogen-bond donors (Lipinski definition) is 1. The monoisotopic (exact) mass is 119 g/mol. The Bertz CT molecular complexity index is 84.5. The Morgan fingerprint density at radius 1 is 1.88 bits per heavy atom. The Kier molecular flexibility index (Phi) is 3.35. The van der Waals surface area contributed by atoms with Crippen molar-refractivity contribution in [2.75, 3.05) is 6.54 Å². The van der Waals surface area contributed by atoms with Gasteiger partial charge in [-0.15, -0.1) is 0 Å². The summed E-state index contributed by atoms with van der Waals surface area (Å²) in [6, 6.07) is 0. The minimum atomic E-state index is -1.35. The summed E-state index contributed by atoms with van der Waals surface area (Å²) in [5.41, 5.74) is 4.97. The first-order valence-electron chi connectivity index (χ1n) is 2.53. The summed E-state index contributed by atoms with van der Waals surface area (Å²) < 4.78 is 12.1. The molecule has 0 saturated carbocycles. The molecule has 0 rings (SSSR count). The second-order valence-corrected chi connectivity index (χ2v) is 1.66. The van der Waals surface area contributed by atoms with Gasteiger partial charge in [0.1, 0.15) is 0 Å². The van der Waals surface area contributed by atoms with Crippen molar-refractivity contribution in [1.82, 2.24) is 0 Å². The predicted molar refractivity (Wildman–Crippen MR) is 29.2 cm³/mol. The predicted octanol–water partition coefficient (Wildman–Crippen LogP) is 0.262. The first-order valence-corrected chi connectivity index (χ1v) is 2.53. The minimum Gasteiger partial charge on any atom is -0.330 e. The van der Waals surface area contributed by atoms with Gasteiger partial charge in [-0.05, 0) is 19.9 Å². The van der Waals surface area contributed by atoms with Crippen molar-refractivity contribution in [3.63, 3.8) is 0 Å². The number of nitrogens with two attached hydrogens (primary N) is 1. The van der Waals surface area contributed by atoms with E-state index in [1.165, 1.54) is 6.92 Å². The van der Waals surface area contributed by atoms with Gasteiger partial charge in [-0.25, -0.2) is 4.39 Å². The molecule has 0 bridgehead atoms. The maximum absolute atomic E-state index is 12.1. The lowest BCUT2D eigenvalue weighted by atomic mass is 10.2. The van der Waals surface area contributed by atoms with Gasteiger partial charge < -0.3 is 5.73 Å². The largest absolute Gasteiger partial charge is 0.330 e. The number of hydrogen-bond acceptors (Lipinski definition) is 2. The molecule has 3 heteroatoms. The van der Waals surface area contributed by atoms with Crippen molar-refractivity contribution in [3.05, 3.63) is 0 Å². The van der Waals surface area contributed by atoms with Crippen LogP contribution in [0.15, 0.2) is 0 Å². The van der Waals surface area contributed by atoms with Crippen LogP contribution in [0.3, 0.4) is 0 Å². The van der Waals surface area contributed by atoms with E-state index < -0.39 is 12.0 Å². The number of halogens is 1. The first kappa shape index (κ1) is 7.56. The van der Waals surface area contributed by atoms with Crippen LogP contribution in [0, 0.1) is 0 Å². The van der Waals surface area contributed by atoms with E-state index in [-0.39, 0.29) is 13.0 Å². The van der Waals surface area contributed by atoms with Crippen molar-refractivity contribution >= 4 is 5.78 Å². The molecular weight excluding hydrogens is 109 g/mol. The maximum atomic E-state index is 12.1. The fourth-order valence-corrected chi connectivity index (χ4v) is 0.350. The summed E-state index contributed by atoms with van der Waals surface area (Å²) >= 11 is 0. The number of carbonyl (C=O) groups is 1. The third-order valence-electron chi connectivity index (χ3n) is 0.861. The van der Waals surface area contributed by atoms with Gasteiger partial charge in [0.05, 0.1) is 0 Å². The molecule has 0 aliphatic heterocycles. The molecular formula is C5H10FNO. The fourth-order valence-electron chi connectivity index (χ4n) is 0.350. The molecule has 8 heavy (non-hydrogen) atoms. The van der Waals surface area contributed by atoms with Gasteiger partial charge >= 0.3 is 0 Å². The molecule has 0 saturated heterocycles. The van der Waals surface area contributed by atoms with Crippen LogP contribution in [0.25, 0.3) is 0 Å². The van der Waals surface area contributed by atoms with Crippen LogP contribution in [0.2, 0.25) is 0 Å².